The summed E-state index contributed by atoms with van der Waals surface area (Å²) in [5, 5.41) is 0. The van der Waals surface area contributed by atoms with Gasteiger partial charge in [0.2, 0.25) is 0 Å². The van der Waals surface area contributed by atoms with E-state index < -0.39 is 20.8 Å². The Balaban J connectivity index is -0.000000107. The summed E-state index contributed by atoms with van der Waals surface area (Å²) in [7, 11) is -10.3. The predicted molar refractivity (Wildman–Crippen MR) is 20.9 cm³/mol. The molecule has 0 heterocycles. The van der Waals surface area contributed by atoms with Gasteiger partial charge in [0.1, 0.15) is 0 Å². The van der Waals surface area contributed by atoms with Crippen LogP contribution in [0.1, 0.15) is 0 Å². The third-order valence-electron chi connectivity index (χ3n) is 0. The summed E-state index contributed by atoms with van der Waals surface area (Å²) >= 11 is 0. The Morgan fingerprint density at radius 2 is 0.636 bits per heavy atom. The first-order valence-electron chi connectivity index (χ1n) is 1.33. The second-order valence-electron chi connectivity index (χ2n) is 0.816. The van der Waals surface area contributed by atoms with Crippen LogP contribution in [0.25, 0.3) is 0 Å². The predicted octanol–water partition coefficient (Wildman–Crippen LogP) is -2.68. The average Bonchev–Trinajstić information content (AvgIpc) is 1.12. The minimum absolute atomic E-state index is 0. The SMILES string of the molecule is O=S(=O)([O-])[O-].O=S(=O)([O-])[O-].[Tc+4]. The first-order valence-corrected chi connectivity index (χ1v) is 4.00. The van der Waals surface area contributed by atoms with Crippen molar-refractivity contribution < 1.29 is 55.2 Å². The van der Waals surface area contributed by atoms with Gasteiger partial charge in [0.25, 0.3) is 0 Å². The summed E-state index contributed by atoms with van der Waals surface area (Å²) in [5.74, 6) is 0. The molecule has 0 N–H and O–H groups in total. The molecule has 0 saturated carbocycles. The summed E-state index contributed by atoms with van der Waals surface area (Å²) in [5.41, 5.74) is 0. The molecule has 0 aromatic heterocycles. The van der Waals surface area contributed by atoms with E-state index in [1.807, 2.05) is 0 Å². The molecule has 1 radical (unpaired) electrons. The molecule has 0 aromatic carbocycles. The maximum Gasteiger partial charge on any atom is 4.00 e. The van der Waals surface area contributed by atoms with Crippen molar-refractivity contribution in [3.05, 3.63) is 0 Å². The molecule has 0 aliphatic rings. The summed E-state index contributed by atoms with van der Waals surface area (Å²) in [6.45, 7) is 0. The Labute approximate surface area is 76.1 Å². The maximum atomic E-state index is 8.52. The Hall–Kier alpha value is 0.389. The first kappa shape index (κ1) is 17.5. The fourth-order valence-corrected chi connectivity index (χ4v) is 0. The van der Waals surface area contributed by atoms with Gasteiger partial charge in [-0.05, 0) is 0 Å². The van der Waals surface area contributed by atoms with Crippen molar-refractivity contribution in [2.24, 2.45) is 0 Å². The van der Waals surface area contributed by atoms with Crippen LogP contribution in [0.4, 0.5) is 0 Å². The van der Waals surface area contributed by atoms with E-state index in [0.717, 1.165) is 0 Å². The number of hydrogen-bond acceptors (Lipinski definition) is 8. The zero-order chi connectivity index (χ0) is 9.00. The summed E-state index contributed by atoms with van der Waals surface area (Å²) in [4.78, 5) is 0. The molecule has 0 aliphatic heterocycles. The normalized spacial score (nSPS) is 10.5. The van der Waals surface area contributed by atoms with E-state index in [1.165, 1.54) is 0 Å². The third kappa shape index (κ3) is 4820. The van der Waals surface area contributed by atoms with Gasteiger partial charge < -0.3 is 18.2 Å². The van der Waals surface area contributed by atoms with Crippen molar-refractivity contribution >= 4 is 20.8 Å². The Bertz CT molecular complexity index is 208. The van der Waals surface area contributed by atoms with Crippen LogP contribution in [0.3, 0.4) is 0 Å². The summed E-state index contributed by atoms with van der Waals surface area (Å²) in [6.07, 6.45) is 0. The second kappa shape index (κ2) is 5.97. The fraction of sp³-hybridized carbons (Fsp3) is 0. The quantitative estimate of drug-likeness (QED) is 0.344. The largest absolute Gasteiger partial charge is 4.00 e. The zero-order valence-corrected chi connectivity index (χ0v) is 7.95. The van der Waals surface area contributed by atoms with Gasteiger partial charge in [-0.2, -0.15) is 0 Å². The van der Waals surface area contributed by atoms with E-state index in [4.69, 9.17) is 35.0 Å². The fourth-order valence-electron chi connectivity index (χ4n) is 0. The minimum Gasteiger partial charge on any atom is -0.759 e. The Morgan fingerprint density at radius 1 is 0.636 bits per heavy atom. The van der Waals surface area contributed by atoms with Gasteiger partial charge in [0.15, 0.2) is 0 Å². The van der Waals surface area contributed by atoms with Gasteiger partial charge in [-0.15, -0.1) is 0 Å². The molecule has 0 amide bonds. The first-order chi connectivity index (χ1) is 4.00. The Morgan fingerprint density at radius 3 is 0.636 bits per heavy atom. The van der Waals surface area contributed by atoms with Crippen molar-refractivity contribution in [2.45, 2.75) is 0 Å². The molecular weight excluding hydrogens is 290 g/mol. The molecule has 0 aliphatic carbocycles. The molecule has 8 nitrogen and oxygen atoms in total. The van der Waals surface area contributed by atoms with E-state index in [2.05, 4.69) is 0 Å². The Kier molecular flexibility index (Phi) is 9.48. The van der Waals surface area contributed by atoms with Crippen LogP contribution >= 0.6 is 0 Å². The molecule has 11 heavy (non-hydrogen) atoms. The molecular formula is O8S2Tc. The molecule has 0 aromatic rings. The van der Waals surface area contributed by atoms with Crippen molar-refractivity contribution in [2.75, 3.05) is 0 Å². The molecule has 67 valence electrons. The summed E-state index contributed by atoms with van der Waals surface area (Å²) in [6, 6.07) is 0. The molecule has 0 bridgehead atoms. The van der Waals surface area contributed by atoms with Crippen LogP contribution in [-0.4, -0.2) is 35.0 Å². The topological polar surface area (TPSA) is 161 Å². The van der Waals surface area contributed by atoms with Crippen molar-refractivity contribution in [3.63, 3.8) is 0 Å². The molecule has 0 unspecified atom stereocenters. The smallest absolute Gasteiger partial charge is 0.759 e. The molecule has 11 heteroatoms. The van der Waals surface area contributed by atoms with Crippen LogP contribution in [0.15, 0.2) is 0 Å². The van der Waals surface area contributed by atoms with Crippen LogP contribution in [-0.2, 0) is 40.9 Å². The van der Waals surface area contributed by atoms with Crippen molar-refractivity contribution in [3.8, 4) is 0 Å². The van der Waals surface area contributed by atoms with Crippen LogP contribution < -0.4 is 0 Å². The van der Waals surface area contributed by atoms with Gasteiger partial charge in [-0.3, -0.25) is 16.8 Å². The van der Waals surface area contributed by atoms with E-state index in [0.29, 0.717) is 0 Å². The van der Waals surface area contributed by atoms with E-state index in [1.54, 1.807) is 0 Å². The summed E-state index contributed by atoms with van der Waals surface area (Å²) < 4.78 is 68.2. The van der Waals surface area contributed by atoms with E-state index in [-0.39, 0.29) is 20.1 Å². The van der Waals surface area contributed by atoms with Crippen molar-refractivity contribution in [1.29, 1.82) is 0 Å². The molecule has 0 atom stereocenters. The zero-order valence-electron chi connectivity index (χ0n) is 4.46. The van der Waals surface area contributed by atoms with Gasteiger partial charge in [0, 0.05) is 20.8 Å². The van der Waals surface area contributed by atoms with Crippen LogP contribution in [0, 0.1) is 0 Å². The van der Waals surface area contributed by atoms with Gasteiger partial charge in [-0.25, -0.2) is 0 Å². The third-order valence-corrected chi connectivity index (χ3v) is 0. The maximum absolute atomic E-state index is 8.52. The number of hydrogen-bond donors (Lipinski definition) is 0. The molecule has 0 spiro atoms. The molecule has 0 rings (SSSR count). The van der Waals surface area contributed by atoms with Crippen LogP contribution in [0.2, 0.25) is 0 Å². The van der Waals surface area contributed by atoms with Gasteiger partial charge in [0.05, 0.1) is 0 Å². The molecule has 0 saturated heterocycles. The monoisotopic (exact) mass is 289 g/mol. The van der Waals surface area contributed by atoms with E-state index in [9.17, 15) is 0 Å². The standard InChI is InChI=1S/2H2O4S.Tc/c2*1-5(2,3)4;/h2*(H2,1,2,3,4);/q;;+4/p-4. The van der Waals surface area contributed by atoms with Crippen molar-refractivity contribution in [1.82, 2.24) is 0 Å². The van der Waals surface area contributed by atoms with Crippen LogP contribution in [0.5, 0.6) is 0 Å². The van der Waals surface area contributed by atoms with E-state index >= 15 is 0 Å². The average molecular weight is 290 g/mol. The van der Waals surface area contributed by atoms with Gasteiger partial charge in [-0.1, -0.05) is 0 Å². The molecule has 0 fully saturated rings. The van der Waals surface area contributed by atoms with Gasteiger partial charge >= 0.3 is 20.1 Å². The number of rotatable bonds is 0. The minimum atomic E-state index is -5.17. The second-order valence-corrected chi connectivity index (χ2v) is 2.45.